The van der Waals surface area contributed by atoms with Crippen molar-refractivity contribution in [1.82, 2.24) is 0 Å². The summed E-state index contributed by atoms with van der Waals surface area (Å²) in [5.74, 6) is -3.15. The first-order valence-electron chi connectivity index (χ1n) is 9.49. The lowest BCUT2D eigenvalue weighted by molar-refractivity contribution is -0.966. The van der Waals surface area contributed by atoms with E-state index in [0.717, 1.165) is 12.4 Å². The predicted octanol–water partition coefficient (Wildman–Crippen LogP) is -0.932. The maximum absolute atomic E-state index is 13.0. The van der Waals surface area contributed by atoms with Gasteiger partial charge in [0.1, 0.15) is 0 Å². The highest BCUT2D eigenvalue weighted by molar-refractivity contribution is 7.89. The molecule has 0 bridgehead atoms. The van der Waals surface area contributed by atoms with Crippen LogP contribution >= 0.6 is 25.3 Å². The van der Waals surface area contributed by atoms with Gasteiger partial charge in [0.2, 0.25) is 17.1 Å². The van der Waals surface area contributed by atoms with Crippen LogP contribution in [0.25, 0.3) is 0 Å². The molecule has 0 amide bonds. The number of nitrogens with zero attached hydrogens (tertiary/aromatic N) is 2. The first-order chi connectivity index (χ1) is 15.6. The van der Waals surface area contributed by atoms with E-state index < -0.39 is 55.7 Å². The minimum atomic E-state index is -5.54. The highest BCUT2D eigenvalue weighted by atomic mass is 32.2. The largest absolute Gasteiger partial charge is 0.503 e. The van der Waals surface area contributed by atoms with Crippen molar-refractivity contribution in [3.63, 3.8) is 0 Å². The Labute approximate surface area is 207 Å². The van der Waals surface area contributed by atoms with Gasteiger partial charge in [0.25, 0.3) is 10.1 Å². The van der Waals surface area contributed by atoms with Crippen LogP contribution in [0.5, 0.6) is 11.5 Å². The zero-order valence-corrected chi connectivity index (χ0v) is 21.5. The van der Waals surface area contributed by atoms with Crippen LogP contribution in [0.1, 0.15) is 33.6 Å². The molecule has 16 heteroatoms. The molecule has 12 nitrogen and oxygen atoms in total. The van der Waals surface area contributed by atoms with Crippen LogP contribution in [0.4, 0.5) is 0 Å². The van der Waals surface area contributed by atoms with Gasteiger partial charge in [0.05, 0.1) is 13.2 Å². The van der Waals surface area contributed by atoms with E-state index in [4.69, 9.17) is 0 Å². The lowest BCUT2D eigenvalue weighted by atomic mass is 10.1. The molecule has 0 aliphatic rings. The maximum Gasteiger partial charge on any atom is 0.503 e. The van der Waals surface area contributed by atoms with Crippen LogP contribution in [-0.4, -0.2) is 52.1 Å². The van der Waals surface area contributed by atoms with Crippen LogP contribution < -0.4 is 9.13 Å². The lowest BCUT2D eigenvalue weighted by Crippen LogP contribution is -2.81. The van der Waals surface area contributed by atoms with Crippen LogP contribution in [-0.2, 0) is 50.0 Å². The zero-order valence-electron chi connectivity index (χ0n) is 18.1. The normalized spacial score (nSPS) is 12.8. The fourth-order valence-corrected chi connectivity index (χ4v) is 7.01. The molecule has 190 valence electrons. The number of pyridine rings is 2. The maximum atomic E-state index is 13.0. The Hall–Kier alpha value is -1.66. The summed E-state index contributed by atoms with van der Waals surface area (Å²) in [5, 5.41) is 40.6. The van der Waals surface area contributed by atoms with Gasteiger partial charge in [0, 0.05) is 47.6 Å². The van der Waals surface area contributed by atoms with Crippen molar-refractivity contribution < 1.29 is 55.5 Å². The SMILES string of the molecule is Cc1c(O)c(CO)c(CS)c[n+]1C(CS(=O)(=O)O)([n+]1cc(CS)c(CO)c(O)c1C)S(=O)(=O)O. The Morgan fingerprint density at radius 2 is 1.18 bits per heavy atom. The Morgan fingerprint density at radius 3 is 1.41 bits per heavy atom. The summed E-state index contributed by atoms with van der Waals surface area (Å²) in [5.41, 5.74) is -0.476. The van der Waals surface area contributed by atoms with Crippen molar-refractivity contribution >= 4 is 45.5 Å². The van der Waals surface area contributed by atoms with Gasteiger partial charge in [-0.3, -0.25) is 9.11 Å². The molecule has 0 atom stereocenters. The summed E-state index contributed by atoms with van der Waals surface area (Å²) in [4.78, 5) is -3.10. The fraction of sp³-hybridized carbons (Fsp3) is 0.444. The lowest BCUT2D eigenvalue weighted by Gasteiger charge is -2.24. The molecule has 0 aromatic carbocycles. The monoisotopic (exact) mass is 558 g/mol. The first kappa shape index (κ1) is 28.6. The van der Waals surface area contributed by atoms with Crippen LogP contribution in [0.3, 0.4) is 0 Å². The van der Waals surface area contributed by atoms with Crippen molar-refractivity contribution in [1.29, 1.82) is 0 Å². The quantitative estimate of drug-likeness (QED) is 0.108. The second kappa shape index (κ2) is 10.1. The molecule has 2 rings (SSSR count). The third-order valence-electron chi connectivity index (χ3n) is 5.52. The van der Waals surface area contributed by atoms with E-state index in [0.29, 0.717) is 9.13 Å². The van der Waals surface area contributed by atoms with E-state index in [2.05, 4.69) is 25.3 Å². The van der Waals surface area contributed by atoms with Gasteiger partial charge in [0.15, 0.2) is 23.9 Å². The molecule has 2 aromatic heterocycles. The molecule has 0 radical (unpaired) electrons. The topological polar surface area (TPSA) is 197 Å². The van der Waals surface area contributed by atoms with Gasteiger partial charge < -0.3 is 20.4 Å². The second-order valence-electron chi connectivity index (χ2n) is 7.45. The van der Waals surface area contributed by atoms with E-state index in [1.165, 1.54) is 13.8 Å². The van der Waals surface area contributed by atoms with Gasteiger partial charge in [-0.2, -0.15) is 42.1 Å². The van der Waals surface area contributed by atoms with Gasteiger partial charge in [-0.15, -0.1) is 9.13 Å². The van der Waals surface area contributed by atoms with Gasteiger partial charge in [-0.1, -0.05) is 0 Å². The molecule has 0 saturated heterocycles. The molecular weight excluding hydrogens is 532 g/mol. The van der Waals surface area contributed by atoms with Crippen molar-refractivity contribution in [2.45, 2.75) is 43.6 Å². The molecule has 0 aliphatic carbocycles. The second-order valence-corrected chi connectivity index (χ2v) is 11.1. The molecule has 6 N–H and O–H groups in total. The number of rotatable bonds is 9. The van der Waals surface area contributed by atoms with Crippen molar-refractivity contribution in [3.05, 3.63) is 46.0 Å². The first-order valence-corrected chi connectivity index (χ1v) is 13.8. The molecular formula is C18H26N2O10S4+2. The summed E-state index contributed by atoms with van der Waals surface area (Å²) >= 11 is 8.20. The Bertz CT molecular complexity index is 1260. The predicted molar refractivity (Wildman–Crippen MR) is 125 cm³/mol. The number of aromatic nitrogens is 2. The summed E-state index contributed by atoms with van der Waals surface area (Å²) in [6.07, 6.45) is 2.10. The third-order valence-corrected chi connectivity index (χ3v) is 8.51. The minimum Gasteiger partial charge on any atom is -0.502 e. The molecule has 0 aliphatic heterocycles. The van der Waals surface area contributed by atoms with E-state index in [1.807, 2.05) is 0 Å². The average molecular weight is 559 g/mol. The van der Waals surface area contributed by atoms with Crippen molar-refractivity contribution in [2.75, 3.05) is 5.75 Å². The van der Waals surface area contributed by atoms with Crippen LogP contribution in [0.15, 0.2) is 12.4 Å². The Balaban J connectivity index is 3.29. The summed E-state index contributed by atoms with van der Waals surface area (Å²) in [7, 11) is -10.7. The number of aliphatic hydroxyl groups excluding tert-OH is 2. The molecule has 0 saturated carbocycles. The highest BCUT2D eigenvalue weighted by Crippen LogP contribution is 2.30. The van der Waals surface area contributed by atoms with E-state index >= 15 is 0 Å². The molecule has 0 spiro atoms. The molecule has 0 unspecified atom stereocenters. The third kappa shape index (κ3) is 4.86. The minimum absolute atomic E-state index is 0.0175. The van der Waals surface area contributed by atoms with Crippen LogP contribution in [0.2, 0.25) is 0 Å². The number of thiol groups is 2. The number of aliphatic hydroxyl groups is 2. The molecule has 2 aromatic rings. The zero-order chi connectivity index (χ0) is 26.2. The standard InChI is InChI=1S/C18H24N2O10S4/c1-10-16(23)14(5-21)12(7-31)3-19(10)18(34(28,29)30,9-33(25,26)27)20-4-13(8-32)15(6-22)17(24)11(20)2/h3-4,21-22H,5-9H2,1-2H3,(H4-2,23,24,25,26,27,28,29,30,31,32)/p+2. The summed E-state index contributed by atoms with van der Waals surface area (Å²) < 4.78 is 71.8. The van der Waals surface area contributed by atoms with Crippen LogP contribution in [0, 0.1) is 13.8 Å². The summed E-state index contributed by atoms with van der Waals surface area (Å²) in [6.45, 7) is 1.06. The number of hydrogen-bond donors (Lipinski definition) is 8. The highest BCUT2D eigenvalue weighted by Gasteiger charge is 2.67. The van der Waals surface area contributed by atoms with E-state index in [1.54, 1.807) is 0 Å². The van der Waals surface area contributed by atoms with Crippen molar-refractivity contribution in [3.8, 4) is 11.5 Å². The Kier molecular flexibility index (Phi) is 8.52. The average Bonchev–Trinajstić information content (AvgIpc) is 2.74. The van der Waals surface area contributed by atoms with Crippen molar-refractivity contribution in [2.24, 2.45) is 0 Å². The molecule has 2 heterocycles. The molecule has 34 heavy (non-hydrogen) atoms. The number of hydrogen-bond acceptors (Lipinski definition) is 10. The van der Waals surface area contributed by atoms with Gasteiger partial charge in [-0.25, -0.2) is 0 Å². The number of aromatic hydroxyl groups is 2. The smallest absolute Gasteiger partial charge is 0.502 e. The molecule has 0 fully saturated rings. The van der Waals surface area contributed by atoms with E-state index in [-0.39, 0.29) is 45.1 Å². The fourth-order valence-electron chi connectivity index (χ4n) is 3.80. The Morgan fingerprint density at radius 1 is 0.824 bits per heavy atom. The van der Waals surface area contributed by atoms with E-state index in [9.17, 15) is 46.4 Å². The van der Waals surface area contributed by atoms with Gasteiger partial charge in [-0.05, 0) is 0 Å². The van der Waals surface area contributed by atoms with Gasteiger partial charge >= 0.3 is 15.1 Å². The summed E-state index contributed by atoms with van der Waals surface area (Å²) in [6, 6.07) is 0.